The highest BCUT2D eigenvalue weighted by molar-refractivity contribution is 7.89. The molecule has 2 aliphatic rings. The topological polar surface area (TPSA) is 95.9 Å². The first-order valence-electron chi connectivity index (χ1n) is 8.89. The number of rotatable bonds is 6. The second kappa shape index (κ2) is 6.83. The molecule has 0 saturated carbocycles. The summed E-state index contributed by atoms with van der Waals surface area (Å²) in [5.74, 6) is -0.0764. The Morgan fingerprint density at radius 2 is 2.15 bits per heavy atom. The summed E-state index contributed by atoms with van der Waals surface area (Å²) >= 11 is 0. The molecule has 3 atom stereocenters. The lowest BCUT2D eigenvalue weighted by Crippen LogP contribution is -2.42. The van der Waals surface area contributed by atoms with Crippen LogP contribution in [-0.2, 0) is 10.0 Å². The molecule has 0 radical (unpaired) electrons. The predicted molar refractivity (Wildman–Crippen MR) is 96.6 cm³/mol. The summed E-state index contributed by atoms with van der Waals surface area (Å²) < 4.78 is 33.5. The van der Waals surface area contributed by atoms with E-state index in [-0.39, 0.29) is 34.6 Å². The van der Waals surface area contributed by atoms with E-state index < -0.39 is 15.9 Å². The van der Waals surface area contributed by atoms with Gasteiger partial charge >= 0.3 is 0 Å². The maximum absolute atomic E-state index is 13.3. The van der Waals surface area contributed by atoms with Gasteiger partial charge in [-0.3, -0.25) is 4.79 Å². The van der Waals surface area contributed by atoms with Gasteiger partial charge in [-0.1, -0.05) is 6.92 Å². The number of sulfonamides is 1. The number of ether oxygens (including phenoxy) is 1. The molecule has 26 heavy (non-hydrogen) atoms. The Labute approximate surface area is 154 Å². The molecular weight excluding hydrogens is 356 g/mol. The van der Waals surface area contributed by atoms with Crippen molar-refractivity contribution in [3.05, 3.63) is 23.8 Å². The molecule has 1 amide bonds. The van der Waals surface area contributed by atoms with Crippen LogP contribution in [0.25, 0.3) is 0 Å². The molecule has 7 nitrogen and oxygen atoms in total. The van der Waals surface area contributed by atoms with Crippen LogP contribution in [0.4, 0.5) is 0 Å². The Bertz CT molecular complexity index is 804. The van der Waals surface area contributed by atoms with Gasteiger partial charge in [-0.05, 0) is 43.9 Å². The fourth-order valence-corrected chi connectivity index (χ4v) is 6.53. The largest absolute Gasteiger partial charge is 0.496 e. The third-order valence-corrected chi connectivity index (χ3v) is 7.98. The quantitative estimate of drug-likeness (QED) is 0.775. The van der Waals surface area contributed by atoms with E-state index >= 15 is 0 Å². The number of aliphatic hydroxyl groups is 1. The molecular formula is C18H26N2O5S. The first-order chi connectivity index (χ1) is 12.3. The van der Waals surface area contributed by atoms with Gasteiger partial charge in [0.1, 0.15) is 5.75 Å². The average Bonchev–Trinajstić information content (AvgIpc) is 3.23. The van der Waals surface area contributed by atoms with Crippen molar-refractivity contribution >= 4 is 15.9 Å². The van der Waals surface area contributed by atoms with E-state index in [4.69, 9.17) is 4.74 Å². The van der Waals surface area contributed by atoms with Crippen LogP contribution < -0.4 is 10.1 Å². The van der Waals surface area contributed by atoms with Crippen LogP contribution in [0.15, 0.2) is 23.1 Å². The van der Waals surface area contributed by atoms with Crippen LogP contribution in [0.2, 0.25) is 0 Å². The van der Waals surface area contributed by atoms with Crippen molar-refractivity contribution in [1.82, 2.24) is 9.62 Å². The summed E-state index contributed by atoms with van der Waals surface area (Å²) in [6.45, 7) is 1.99. The number of hydrogen-bond donors (Lipinski definition) is 2. The lowest BCUT2D eigenvalue weighted by molar-refractivity contribution is 0.0849. The summed E-state index contributed by atoms with van der Waals surface area (Å²) in [7, 11) is -0.844. The maximum atomic E-state index is 13.3. The van der Waals surface area contributed by atoms with Gasteiger partial charge in [0.2, 0.25) is 10.0 Å². The van der Waals surface area contributed by atoms with Crippen molar-refractivity contribution in [1.29, 1.82) is 0 Å². The van der Waals surface area contributed by atoms with E-state index in [9.17, 15) is 18.3 Å². The molecule has 1 aromatic carbocycles. The second-order valence-electron chi connectivity index (χ2n) is 7.10. The van der Waals surface area contributed by atoms with Crippen molar-refractivity contribution in [2.75, 3.05) is 20.8 Å². The molecule has 1 aromatic rings. The monoisotopic (exact) mass is 382 g/mol. The van der Waals surface area contributed by atoms with E-state index in [1.54, 1.807) is 4.31 Å². The predicted octanol–water partition coefficient (Wildman–Crippen LogP) is 1.37. The minimum Gasteiger partial charge on any atom is -0.496 e. The number of carbonyl (C=O) groups is 1. The summed E-state index contributed by atoms with van der Waals surface area (Å²) in [5, 5.41) is 12.4. The molecule has 8 heteroatoms. The van der Waals surface area contributed by atoms with Gasteiger partial charge in [0.25, 0.3) is 5.91 Å². The standard InChI is InChI=1S/C18H26N2O5S/c1-4-18(11-21)10-12-5-8-16(18)20(12)26(23,24)13-6-7-15(25-3)14(9-13)17(22)19-2/h6-7,9,12,16,21H,4-5,8,10-11H2,1-3H3,(H,19,22)/t12-,16+,18-/m0/s1. The van der Waals surface area contributed by atoms with Gasteiger partial charge in [-0.2, -0.15) is 4.31 Å². The van der Waals surface area contributed by atoms with Crippen molar-refractivity contribution < 1.29 is 23.1 Å². The highest BCUT2D eigenvalue weighted by Gasteiger charge is 2.58. The van der Waals surface area contributed by atoms with E-state index in [1.807, 2.05) is 6.92 Å². The molecule has 2 heterocycles. The molecule has 0 aliphatic carbocycles. The van der Waals surface area contributed by atoms with Crippen molar-refractivity contribution in [2.24, 2.45) is 5.41 Å². The molecule has 2 bridgehead atoms. The number of amides is 1. The number of aliphatic hydroxyl groups excluding tert-OH is 1. The van der Waals surface area contributed by atoms with Crippen LogP contribution in [-0.4, -0.2) is 56.6 Å². The van der Waals surface area contributed by atoms with Crippen molar-refractivity contribution in [3.63, 3.8) is 0 Å². The van der Waals surface area contributed by atoms with Crippen LogP contribution in [0.1, 0.15) is 43.0 Å². The Morgan fingerprint density at radius 3 is 2.69 bits per heavy atom. The van der Waals surface area contributed by atoms with Gasteiger partial charge < -0.3 is 15.2 Å². The number of hydrogen-bond acceptors (Lipinski definition) is 5. The number of methoxy groups -OCH3 is 1. The Morgan fingerprint density at radius 1 is 1.42 bits per heavy atom. The van der Waals surface area contributed by atoms with Crippen LogP contribution >= 0.6 is 0 Å². The zero-order valence-electron chi connectivity index (χ0n) is 15.4. The highest BCUT2D eigenvalue weighted by Crippen LogP contribution is 2.53. The molecule has 2 fully saturated rings. The third-order valence-electron chi connectivity index (χ3n) is 6.03. The van der Waals surface area contributed by atoms with Gasteiger partial charge in [0.15, 0.2) is 0 Å². The smallest absolute Gasteiger partial charge is 0.254 e. The first-order valence-corrected chi connectivity index (χ1v) is 10.3. The van der Waals surface area contributed by atoms with Crippen LogP contribution in [0.3, 0.4) is 0 Å². The van der Waals surface area contributed by atoms with E-state index in [0.29, 0.717) is 12.2 Å². The number of nitrogens with zero attached hydrogens (tertiary/aromatic N) is 1. The molecule has 144 valence electrons. The van der Waals surface area contributed by atoms with Gasteiger partial charge in [0.05, 0.1) is 24.2 Å². The lowest BCUT2D eigenvalue weighted by Gasteiger charge is -2.34. The highest BCUT2D eigenvalue weighted by atomic mass is 32.2. The molecule has 0 aromatic heterocycles. The SMILES string of the molecule is CC[C@@]1(CO)C[C@@H]2CC[C@H]1N2S(=O)(=O)c1ccc(OC)c(C(=O)NC)c1. The summed E-state index contributed by atoms with van der Waals surface area (Å²) in [6, 6.07) is 4.07. The van der Waals surface area contributed by atoms with Crippen molar-refractivity contribution in [3.8, 4) is 5.75 Å². The number of benzene rings is 1. The van der Waals surface area contributed by atoms with E-state index in [1.165, 1.54) is 32.4 Å². The van der Waals surface area contributed by atoms with Gasteiger partial charge in [-0.25, -0.2) is 8.42 Å². The zero-order chi connectivity index (χ0) is 19.1. The third kappa shape index (κ3) is 2.71. The van der Waals surface area contributed by atoms with E-state index in [0.717, 1.165) is 19.3 Å². The first kappa shape index (κ1) is 19.1. The van der Waals surface area contributed by atoms with Crippen molar-refractivity contribution in [2.45, 2.75) is 49.6 Å². The molecule has 2 aliphatic heterocycles. The summed E-state index contributed by atoms with van der Waals surface area (Å²) in [4.78, 5) is 12.2. The van der Waals surface area contributed by atoms with Gasteiger partial charge in [-0.15, -0.1) is 0 Å². The molecule has 0 unspecified atom stereocenters. The van der Waals surface area contributed by atoms with Crippen LogP contribution in [0.5, 0.6) is 5.75 Å². The van der Waals surface area contributed by atoms with Crippen LogP contribution in [0, 0.1) is 5.41 Å². The fraction of sp³-hybridized carbons (Fsp3) is 0.611. The Kier molecular flexibility index (Phi) is 5.02. The lowest BCUT2D eigenvalue weighted by atomic mass is 9.72. The number of nitrogens with one attached hydrogen (secondary N) is 1. The Balaban J connectivity index is 2.03. The minimum atomic E-state index is -3.77. The Hall–Kier alpha value is -1.64. The summed E-state index contributed by atoms with van der Waals surface area (Å²) in [5.41, 5.74) is -0.182. The minimum absolute atomic E-state index is 0.0111. The normalized spacial score (nSPS) is 28.3. The molecule has 3 rings (SSSR count). The molecule has 0 spiro atoms. The molecule has 2 saturated heterocycles. The second-order valence-corrected chi connectivity index (χ2v) is 8.94. The van der Waals surface area contributed by atoms with E-state index in [2.05, 4.69) is 5.32 Å². The average molecular weight is 382 g/mol. The molecule has 2 N–H and O–H groups in total. The zero-order valence-corrected chi connectivity index (χ0v) is 16.2. The summed E-state index contributed by atoms with van der Waals surface area (Å²) in [6.07, 6.45) is 2.99. The van der Waals surface area contributed by atoms with Gasteiger partial charge in [0, 0.05) is 24.5 Å². The number of fused-ring (bicyclic) bond motifs is 2. The number of carbonyl (C=O) groups excluding carboxylic acids is 1. The fourth-order valence-electron chi connectivity index (χ4n) is 4.54. The maximum Gasteiger partial charge on any atom is 0.254 e.